The second-order valence-corrected chi connectivity index (χ2v) is 6.68. The van der Waals surface area contributed by atoms with Gasteiger partial charge in [0.25, 0.3) is 0 Å². The molecule has 0 aromatic heterocycles. The predicted octanol–water partition coefficient (Wildman–Crippen LogP) is 3.06. The van der Waals surface area contributed by atoms with Gasteiger partial charge in [0.15, 0.2) is 0 Å². The molecule has 2 fully saturated rings. The topological polar surface area (TPSA) is 30.5 Å². The van der Waals surface area contributed by atoms with Crippen LogP contribution >= 0.6 is 11.6 Å². The van der Waals surface area contributed by atoms with Crippen LogP contribution in [-0.4, -0.2) is 38.5 Å². The molecule has 0 amide bonds. The van der Waals surface area contributed by atoms with Gasteiger partial charge in [-0.05, 0) is 43.9 Å². The van der Waals surface area contributed by atoms with Gasteiger partial charge in [-0.2, -0.15) is 0 Å². The predicted molar refractivity (Wildman–Crippen MR) is 84.8 cm³/mol. The molecule has 116 valence electrons. The second-order valence-electron chi connectivity index (χ2n) is 6.28. The lowest BCUT2D eigenvalue weighted by Crippen LogP contribution is -2.47. The molecule has 3 rings (SSSR count). The summed E-state index contributed by atoms with van der Waals surface area (Å²) < 4.78 is 11.6. The fraction of sp³-hybridized carbons (Fsp3) is 0.647. The van der Waals surface area contributed by atoms with Gasteiger partial charge < -0.3 is 14.8 Å². The zero-order chi connectivity index (χ0) is 14.7. The van der Waals surface area contributed by atoms with Crippen LogP contribution in [0.3, 0.4) is 0 Å². The van der Waals surface area contributed by atoms with Crippen molar-refractivity contribution in [2.45, 2.75) is 37.3 Å². The molecule has 21 heavy (non-hydrogen) atoms. The molecule has 2 saturated heterocycles. The van der Waals surface area contributed by atoms with Gasteiger partial charge in [-0.15, -0.1) is 0 Å². The lowest BCUT2D eigenvalue weighted by Gasteiger charge is -2.40. The fourth-order valence-electron chi connectivity index (χ4n) is 3.68. The standard InChI is InChI=1S/C17H24ClNO2/c1-19-16(10-13-4-2-3-5-15(13)18)14-6-8-21-17(11-14)7-9-20-12-17/h2-5,14,16,19H,6-12H2,1H3. The summed E-state index contributed by atoms with van der Waals surface area (Å²) in [5.41, 5.74) is 1.19. The summed E-state index contributed by atoms with van der Waals surface area (Å²) in [5.74, 6) is 0.613. The SMILES string of the molecule is CNC(Cc1ccccc1Cl)C1CCOC2(CCOC2)C1. The molecule has 3 unspecified atom stereocenters. The highest BCUT2D eigenvalue weighted by molar-refractivity contribution is 6.31. The molecular weight excluding hydrogens is 286 g/mol. The van der Waals surface area contributed by atoms with E-state index < -0.39 is 0 Å². The van der Waals surface area contributed by atoms with Gasteiger partial charge in [0.05, 0.1) is 12.2 Å². The minimum absolute atomic E-state index is 0.0293. The van der Waals surface area contributed by atoms with E-state index in [0.29, 0.717) is 12.0 Å². The van der Waals surface area contributed by atoms with Crippen molar-refractivity contribution in [1.29, 1.82) is 0 Å². The van der Waals surface area contributed by atoms with E-state index in [0.717, 1.165) is 50.5 Å². The summed E-state index contributed by atoms with van der Waals surface area (Å²) in [7, 11) is 2.05. The first-order valence-electron chi connectivity index (χ1n) is 7.85. The Labute approximate surface area is 132 Å². The molecule has 0 saturated carbocycles. The summed E-state index contributed by atoms with van der Waals surface area (Å²) in [5, 5.41) is 4.36. The Morgan fingerprint density at radius 1 is 1.38 bits per heavy atom. The minimum atomic E-state index is -0.0293. The van der Waals surface area contributed by atoms with Crippen molar-refractivity contribution >= 4 is 11.6 Å². The summed E-state index contributed by atoms with van der Waals surface area (Å²) in [6.45, 7) is 2.43. The third kappa shape index (κ3) is 3.42. The van der Waals surface area contributed by atoms with Crippen molar-refractivity contribution in [3.05, 3.63) is 34.9 Å². The Morgan fingerprint density at radius 3 is 2.95 bits per heavy atom. The first-order chi connectivity index (χ1) is 10.2. The third-order valence-electron chi connectivity index (χ3n) is 4.94. The summed E-state index contributed by atoms with van der Waals surface area (Å²) >= 11 is 6.31. The highest BCUT2D eigenvalue weighted by Gasteiger charge is 2.42. The smallest absolute Gasteiger partial charge is 0.0939 e. The molecule has 2 aliphatic heterocycles. The molecular formula is C17H24ClNO2. The second kappa shape index (κ2) is 6.66. The number of benzene rings is 1. The number of likely N-dealkylation sites (N-methyl/N-ethyl adjacent to an activating group) is 1. The van der Waals surface area contributed by atoms with Crippen LogP contribution in [0.25, 0.3) is 0 Å². The third-order valence-corrected chi connectivity index (χ3v) is 5.30. The van der Waals surface area contributed by atoms with E-state index >= 15 is 0 Å². The van der Waals surface area contributed by atoms with E-state index in [9.17, 15) is 0 Å². The maximum atomic E-state index is 6.31. The largest absolute Gasteiger partial charge is 0.378 e. The normalized spacial score (nSPS) is 30.7. The van der Waals surface area contributed by atoms with Crippen molar-refractivity contribution in [1.82, 2.24) is 5.32 Å². The number of hydrogen-bond donors (Lipinski definition) is 1. The summed E-state index contributed by atoms with van der Waals surface area (Å²) in [4.78, 5) is 0. The van der Waals surface area contributed by atoms with E-state index in [1.165, 1.54) is 5.56 Å². The molecule has 4 heteroatoms. The van der Waals surface area contributed by atoms with E-state index in [4.69, 9.17) is 21.1 Å². The number of nitrogens with one attached hydrogen (secondary N) is 1. The number of rotatable bonds is 4. The van der Waals surface area contributed by atoms with Crippen LogP contribution in [0.5, 0.6) is 0 Å². The Kier molecular flexibility index (Phi) is 4.85. The van der Waals surface area contributed by atoms with Crippen LogP contribution in [-0.2, 0) is 15.9 Å². The van der Waals surface area contributed by atoms with E-state index in [1.807, 2.05) is 12.1 Å². The molecule has 0 radical (unpaired) electrons. The zero-order valence-electron chi connectivity index (χ0n) is 12.6. The maximum Gasteiger partial charge on any atom is 0.0939 e. The van der Waals surface area contributed by atoms with Gasteiger partial charge in [0.2, 0.25) is 0 Å². The summed E-state index contributed by atoms with van der Waals surface area (Å²) in [6, 6.07) is 8.58. The Balaban J connectivity index is 1.69. The highest BCUT2D eigenvalue weighted by atomic mass is 35.5. The lowest BCUT2D eigenvalue weighted by atomic mass is 9.79. The average molecular weight is 310 g/mol. The molecule has 3 atom stereocenters. The number of hydrogen-bond acceptors (Lipinski definition) is 3. The number of halogens is 1. The fourth-order valence-corrected chi connectivity index (χ4v) is 3.89. The van der Waals surface area contributed by atoms with Gasteiger partial charge in [0, 0.05) is 30.7 Å². The van der Waals surface area contributed by atoms with Crippen LogP contribution in [0.4, 0.5) is 0 Å². The molecule has 2 heterocycles. The first kappa shape index (κ1) is 15.3. The molecule has 1 aromatic carbocycles. The maximum absolute atomic E-state index is 6.31. The quantitative estimate of drug-likeness (QED) is 0.927. The zero-order valence-corrected chi connectivity index (χ0v) is 13.4. The van der Waals surface area contributed by atoms with Gasteiger partial charge in [-0.25, -0.2) is 0 Å². The van der Waals surface area contributed by atoms with E-state index in [1.54, 1.807) is 0 Å². The Hall–Kier alpha value is -0.610. The van der Waals surface area contributed by atoms with Crippen LogP contribution in [0, 0.1) is 5.92 Å². The molecule has 0 aliphatic carbocycles. The monoisotopic (exact) mass is 309 g/mol. The molecule has 1 aromatic rings. The molecule has 3 nitrogen and oxygen atoms in total. The Bertz CT molecular complexity index is 474. The van der Waals surface area contributed by atoms with Crippen LogP contribution in [0.1, 0.15) is 24.8 Å². The Morgan fingerprint density at radius 2 is 2.24 bits per heavy atom. The van der Waals surface area contributed by atoms with Gasteiger partial charge >= 0.3 is 0 Å². The molecule has 2 aliphatic rings. The van der Waals surface area contributed by atoms with Gasteiger partial charge in [0.1, 0.15) is 0 Å². The lowest BCUT2D eigenvalue weighted by molar-refractivity contribution is -0.102. The van der Waals surface area contributed by atoms with Crippen molar-refractivity contribution in [2.75, 3.05) is 26.9 Å². The minimum Gasteiger partial charge on any atom is -0.378 e. The van der Waals surface area contributed by atoms with Crippen molar-refractivity contribution < 1.29 is 9.47 Å². The van der Waals surface area contributed by atoms with Crippen LogP contribution in [0.2, 0.25) is 5.02 Å². The van der Waals surface area contributed by atoms with E-state index in [-0.39, 0.29) is 5.60 Å². The highest BCUT2D eigenvalue weighted by Crippen LogP contribution is 2.37. The molecule has 1 N–H and O–H groups in total. The van der Waals surface area contributed by atoms with Gasteiger partial charge in [-0.3, -0.25) is 0 Å². The molecule has 0 bridgehead atoms. The van der Waals surface area contributed by atoms with Crippen molar-refractivity contribution in [3.63, 3.8) is 0 Å². The van der Waals surface area contributed by atoms with Crippen molar-refractivity contribution in [3.8, 4) is 0 Å². The number of ether oxygens (including phenoxy) is 2. The van der Waals surface area contributed by atoms with Crippen LogP contribution < -0.4 is 5.32 Å². The first-order valence-corrected chi connectivity index (χ1v) is 8.23. The average Bonchev–Trinajstić information content (AvgIpc) is 2.94. The van der Waals surface area contributed by atoms with Crippen molar-refractivity contribution in [2.24, 2.45) is 5.92 Å². The summed E-state index contributed by atoms with van der Waals surface area (Å²) in [6.07, 6.45) is 4.20. The molecule has 1 spiro atoms. The van der Waals surface area contributed by atoms with Gasteiger partial charge in [-0.1, -0.05) is 29.8 Å². The van der Waals surface area contributed by atoms with E-state index in [2.05, 4.69) is 24.5 Å². The van der Waals surface area contributed by atoms with Crippen LogP contribution in [0.15, 0.2) is 24.3 Å².